The first-order valence-electron chi connectivity index (χ1n) is 14.2. The fraction of sp³-hybridized carbons (Fsp3) is 0.303. The van der Waals surface area contributed by atoms with Gasteiger partial charge in [-0.25, -0.2) is 4.79 Å². The van der Waals surface area contributed by atoms with Crippen LogP contribution in [0.2, 0.25) is 0 Å². The van der Waals surface area contributed by atoms with Crippen molar-refractivity contribution in [2.45, 2.75) is 57.2 Å². The van der Waals surface area contributed by atoms with Gasteiger partial charge in [-0.1, -0.05) is 43.5 Å². The minimum atomic E-state index is -4.26. The van der Waals surface area contributed by atoms with Crippen molar-refractivity contribution in [2.75, 3.05) is 11.9 Å². The summed E-state index contributed by atoms with van der Waals surface area (Å²) in [6.07, 6.45) is 0.602. The molecule has 8 heteroatoms. The maximum atomic E-state index is 13.0. The van der Waals surface area contributed by atoms with Crippen molar-refractivity contribution in [3.8, 4) is 22.5 Å². The number of carboxylic acids is 1. The Bertz CT molecular complexity index is 1810. The molecule has 5 nitrogen and oxygen atoms in total. The Labute approximate surface area is 235 Å². The molecule has 5 aromatic rings. The summed E-state index contributed by atoms with van der Waals surface area (Å²) in [5.41, 5.74) is 8.36. The van der Waals surface area contributed by atoms with E-state index in [1.54, 1.807) is 24.3 Å². The van der Waals surface area contributed by atoms with Crippen molar-refractivity contribution in [3.05, 3.63) is 77.4 Å². The molecule has 0 atom stereocenters. The van der Waals surface area contributed by atoms with Gasteiger partial charge in [-0.2, -0.15) is 13.2 Å². The number of aromatic amines is 1. The van der Waals surface area contributed by atoms with Crippen LogP contribution in [0, 0.1) is 0 Å². The van der Waals surface area contributed by atoms with Gasteiger partial charge >= 0.3 is 12.1 Å². The van der Waals surface area contributed by atoms with Crippen LogP contribution in [0.15, 0.2) is 60.7 Å². The topological polar surface area (TPSA) is 70.0 Å². The number of carboxylic acid groups (broad SMARTS) is 1. The van der Waals surface area contributed by atoms with Crippen molar-refractivity contribution in [1.82, 2.24) is 9.55 Å². The van der Waals surface area contributed by atoms with Crippen LogP contribution in [0.3, 0.4) is 0 Å². The molecule has 0 saturated heterocycles. The van der Waals surface area contributed by atoms with Crippen molar-refractivity contribution in [3.63, 3.8) is 0 Å². The van der Waals surface area contributed by atoms with E-state index in [4.69, 9.17) is 0 Å². The molecule has 1 aliphatic carbocycles. The number of H-pyrrole nitrogens is 1. The van der Waals surface area contributed by atoms with E-state index in [1.165, 1.54) is 30.9 Å². The lowest BCUT2D eigenvalue weighted by atomic mass is 9.81. The van der Waals surface area contributed by atoms with Gasteiger partial charge in [0.1, 0.15) is 0 Å². The molecule has 0 radical (unpaired) electrons. The van der Waals surface area contributed by atoms with Crippen LogP contribution in [0.25, 0.3) is 44.3 Å². The molecule has 41 heavy (non-hydrogen) atoms. The Morgan fingerprint density at radius 1 is 0.976 bits per heavy atom. The summed E-state index contributed by atoms with van der Waals surface area (Å²) < 4.78 is 41.4. The molecule has 1 fully saturated rings. The number of aromatic carboxylic acids is 1. The molecule has 3 N–H and O–H groups in total. The molecular formula is C33H30F3N3O2. The number of rotatable bonds is 4. The summed E-state index contributed by atoms with van der Waals surface area (Å²) in [6, 6.07) is 18.3. The van der Waals surface area contributed by atoms with Gasteiger partial charge in [-0.05, 0) is 71.8 Å². The molecule has 2 aliphatic rings. The van der Waals surface area contributed by atoms with Crippen molar-refractivity contribution < 1.29 is 23.1 Å². The molecule has 0 spiro atoms. The first-order valence-corrected chi connectivity index (χ1v) is 14.2. The number of fused-ring (bicyclic) bond motifs is 7. The van der Waals surface area contributed by atoms with Gasteiger partial charge in [0.15, 0.2) is 0 Å². The molecule has 1 saturated carbocycles. The summed E-state index contributed by atoms with van der Waals surface area (Å²) in [4.78, 5) is 15.3. The minimum Gasteiger partial charge on any atom is -0.478 e. The maximum Gasteiger partial charge on any atom is 0.393 e. The van der Waals surface area contributed by atoms with Gasteiger partial charge in [0.05, 0.1) is 23.4 Å². The molecule has 0 unspecified atom stereocenters. The highest BCUT2D eigenvalue weighted by atomic mass is 19.4. The predicted molar refractivity (Wildman–Crippen MR) is 156 cm³/mol. The first-order chi connectivity index (χ1) is 19.8. The van der Waals surface area contributed by atoms with Crippen molar-refractivity contribution in [1.29, 1.82) is 0 Å². The highest BCUT2D eigenvalue weighted by Gasteiger charge is 2.30. The fourth-order valence-corrected chi connectivity index (χ4v) is 6.96. The quantitative estimate of drug-likeness (QED) is 0.207. The van der Waals surface area contributed by atoms with Gasteiger partial charge in [0.25, 0.3) is 0 Å². The van der Waals surface area contributed by atoms with Crippen LogP contribution in [-0.2, 0) is 13.0 Å². The van der Waals surface area contributed by atoms with Gasteiger partial charge in [0.2, 0.25) is 0 Å². The monoisotopic (exact) mass is 557 g/mol. The summed E-state index contributed by atoms with van der Waals surface area (Å²) in [5.74, 6) is -0.535. The molecular weight excluding hydrogens is 527 g/mol. The molecule has 2 aromatic heterocycles. The van der Waals surface area contributed by atoms with Crippen LogP contribution in [0.5, 0.6) is 0 Å². The Balaban J connectivity index is 1.41. The van der Waals surface area contributed by atoms with Crippen molar-refractivity contribution in [2.24, 2.45) is 0 Å². The second-order valence-electron chi connectivity index (χ2n) is 11.3. The lowest BCUT2D eigenvalue weighted by Gasteiger charge is -2.24. The molecule has 0 bridgehead atoms. The Hall–Kier alpha value is -4.20. The fourth-order valence-electron chi connectivity index (χ4n) is 6.96. The smallest absolute Gasteiger partial charge is 0.393 e. The largest absolute Gasteiger partial charge is 0.478 e. The highest BCUT2D eigenvalue weighted by molar-refractivity contribution is 6.06. The number of carbonyl (C=O) groups is 1. The number of aromatic nitrogens is 2. The van der Waals surface area contributed by atoms with E-state index < -0.39 is 18.6 Å². The Morgan fingerprint density at radius 3 is 2.59 bits per heavy atom. The third-order valence-electron chi connectivity index (χ3n) is 8.70. The zero-order valence-corrected chi connectivity index (χ0v) is 22.4. The van der Waals surface area contributed by atoms with E-state index in [1.807, 2.05) is 24.3 Å². The van der Waals surface area contributed by atoms with Crippen LogP contribution >= 0.6 is 0 Å². The van der Waals surface area contributed by atoms with Gasteiger partial charge in [-0.3, -0.25) is 0 Å². The number of alkyl halides is 3. The number of hydrogen-bond acceptors (Lipinski definition) is 2. The van der Waals surface area contributed by atoms with Gasteiger partial charge in [0, 0.05) is 46.2 Å². The van der Waals surface area contributed by atoms with E-state index in [2.05, 4.69) is 20.9 Å². The lowest BCUT2D eigenvalue weighted by Crippen LogP contribution is -2.11. The number of nitrogens with one attached hydrogen (secondary N) is 2. The SMILES string of the molecule is O=C(O)c1ccc2c(C3CCCCC3)c3n(c2c1)CCNc1c-3ccc2[nH]c(-c3cccc(CC(F)(F)F)c3)cc12. The zero-order chi connectivity index (χ0) is 28.3. The van der Waals surface area contributed by atoms with E-state index in [-0.39, 0.29) is 11.1 Å². The van der Waals surface area contributed by atoms with Gasteiger partial charge in [-0.15, -0.1) is 0 Å². The summed E-state index contributed by atoms with van der Waals surface area (Å²) in [6.45, 7) is 1.35. The van der Waals surface area contributed by atoms with Gasteiger partial charge < -0.3 is 20.0 Å². The number of anilines is 1. The normalized spacial score (nSPS) is 15.9. The molecule has 7 rings (SSSR count). The molecule has 1 aliphatic heterocycles. The number of nitrogens with zero attached hydrogens (tertiary/aromatic N) is 1. The first kappa shape index (κ1) is 25.7. The van der Waals surface area contributed by atoms with E-state index in [0.717, 1.165) is 57.3 Å². The van der Waals surface area contributed by atoms with Crippen LogP contribution in [-0.4, -0.2) is 33.3 Å². The lowest BCUT2D eigenvalue weighted by molar-refractivity contribution is -0.127. The van der Waals surface area contributed by atoms with Crippen LogP contribution in [0.4, 0.5) is 18.9 Å². The third-order valence-corrected chi connectivity index (χ3v) is 8.70. The average molecular weight is 558 g/mol. The average Bonchev–Trinajstić information content (AvgIpc) is 3.46. The standard InChI is InChI=1S/C33H30F3N3O2/c34-33(35,36)18-19-5-4-8-21(15-19)27-17-25-26(38-27)12-11-24-30(25)37-13-14-39-28-16-22(32(40)41)9-10-23(28)29(31(24)39)20-6-2-1-3-7-20/h4-5,8-12,15-17,20,37-38H,1-3,6-7,13-14,18H2,(H,40,41). The summed E-state index contributed by atoms with van der Waals surface area (Å²) in [5, 5.41) is 15.5. The summed E-state index contributed by atoms with van der Waals surface area (Å²) >= 11 is 0. The molecule has 3 aromatic carbocycles. The number of benzene rings is 3. The molecule has 210 valence electrons. The maximum absolute atomic E-state index is 13.0. The molecule has 0 amide bonds. The van der Waals surface area contributed by atoms with Crippen LogP contribution < -0.4 is 5.32 Å². The Morgan fingerprint density at radius 2 is 1.80 bits per heavy atom. The third kappa shape index (κ3) is 4.55. The second-order valence-corrected chi connectivity index (χ2v) is 11.3. The number of hydrogen-bond donors (Lipinski definition) is 3. The van der Waals surface area contributed by atoms with Crippen molar-refractivity contribution >= 4 is 33.5 Å². The van der Waals surface area contributed by atoms with E-state index >= 15 is 0 Å². The summed E-state index contributed by atoms with van der Waals surface area (Å²) in [7, 11) is 0. The zero-order valence-electron chi connectivity index (χ0n) is 22.4. The second kappa shape index (κ2) is 9.72. The predicted octanol–water partition coefficient (Wildman–Crippen LogP) is 8.73. The molecule has 3 heterocycles. The van der Waals surface area contributed by atoms with E-state index in [9.17, 15) is 23.1 Å². The highest BCUT2D eigenvalue weighted by Crippen LogP contribution is 2.48. The Kier molecular flexibility index (Phi) is 6.10. The van der Waals surface area contributed by atoms with E-state index in [0.29, 0.717) is 24.6 Å². The number of halogens is 3. The van der Waals surface area contributed by atoms with Crippen LogP contribution in [0.1, 0.15) is 59.5 Å². The minimum absolute atomic E-state index is 0.230.